The van der Waals surface area contributed by atoms with Crippen LogP contribution in [-0.2, 0) is 9.59 Å². The van der Waals surface area contributed by atoms with Crippen molar-refractivity contribution in [2.75, 3.05) is 16.4 Å². The second kappa shape index (κ2) is 15.2. The van der Waals surface area contributed by atoms with Crippen LogP contribution in [0.4, 0.5) is 11.4 Å². The van der Waals surface area contributed by atoms with Gasteiger partial charge in [-0.1, -0.05) is 72.3 Å². The maximum atomic E-state index is 13.4. The van der Waals surface area contributed by atoms with Crippen molar-refractivity contribution >= 4 is 46.9 Å². The number of hydrogen-bond donors (Lipinski definition) is 3. The van der Waals surface area contributed by atoms with Gasteiger partial charge < -0.3 is 20.7 Å². The fraction of sp³-hybridized carbons (Fsp3) is 0.0541. The van der Waals surface area contributed by atoms with Gasteiger partial charge in [-0.05, 0) is 85.3 Å². The number of para-hydroxylation sites is 1. The van der Waals surface area contributed by atoms with E-state index in [1.54, 1.807) is 72.8 Å². The Hall–Kier alpha value is -5.60. The van der Waals surface area contributed by atoms with Crippen LogP contribution in [0.1, 0.15) is 21.5 Å². The summed E-state index contributed by atoms with van der Waals surface area (Å²) in [6, 6.07) is 40.2. The lowest BCUT2D eigenvalue weighted by Gasteiger charge is -2.12. The van der Waals surface area contributed by atoms with Crippen LogP contribution in [-0.4, -0.2) is 23.5 Å². The summed E-state index contributed by atoms with van der Waals surface area (Å²) >= 11 is 1.34. The highest BCUT2D eigenvalue weighted by molar-refractivity contribution is 8.00. The summed E-state index contributed by atoms with van der Waals surface area (Å²) in [7, 11) is 0. The zero-order valence-electron chi connectivity index (χ0n) is 24.5. The molecule has 0 fully saturated rings. The molecule has 7 nitrogen and oxygen atoms in total. The Morgan fingerprint density at radius 1 is 0.689 bits per heavy atom. The van der Waals surface area contributed by atoms with E-state index >= 15 is 0 Å². The highest BCUT2D eigenvalue weighted by Crippen LogP contribution is 2.25. The molecule has 3 N–H and O–H groups in total. The highest BCUT2D eigenvalue weighted by atomic mass is 32.2. The summed E-state index contributed by atoms with van der Waals surface area (Å²) in [5.74, 6) is 0.546. The third-order valence-corrected chi connectivity index (χ3v) is 7.49. The van der Waals surface area contributed by atoms with Gasteiger partial charge >= 0.3 is 0 Å². The minimum atomic E-state index is -0.473. The monoisotopic (exact) mass is 613 g/mol. The number of hydrogen-bond acceptors (Lipinski definition) is 5. The smallest absolute Gasteiger partial charge is 0.272 e. The number of carbonyl (C=O) groups excluding carboxylic acids is 3. The maximum absolute atomic E-state index is 13.4. The number of rotatable bonds is 11. The predicted molar refractivity (Wildman–Crippen MR) is 180 cm³/mol. The molecule has 224 valence electrons. The third-order valence-electron chi connectivity index (χ3n) is 6.50. The molecule has 5 rings (SSSR count). The quantitative estimate of drug-likeness (QED) is 0.104. The number of thioether (sulfide) groups is 1. The molecule has 0 aliphatic heterocycles. The number of benzene rings is 5. The van der Waals surface area contributed by atoms with E-state index in [4.69, 9.17) is 4.74 Å². The molecule has 0 saturated carbocycles. The van der Waals surface area contributed by atoms with Crippen molar-refractivity contribution in [2.45, 2.75) is 11.8 Å². The molecular formula is C37H31N3O4S. The van der Waals surface area contributed by atoms with Crippen molar-refractivity contribution < 1.29 is 19.1 Å². The van der Waals surface area contributed by atoms with Gasteiger partial charge in [-0.2, -0.15) is 0 Å². The first-order valence-electron chi connectivity index (χ1n) is 14.2. The van der Waals surface area contributed by atoms with E-state index in [1.165, 1.54) is 11.8 Å². The summed E-state index contributed by atoms with van der Waals surface area (Å²) < 4.78 is 5.80. The highest BCUT2D eigenvalue weighted by Gasteiger charge is 2.15. The molecule has 0 bridgehead atoms. The lowest BCUT2D eigenvalue weighted by molar-refractivity contribution is -0.114. The first-order chi connectivity index (χ1) is 21.9. The molecular weight excluding hydrogens is 582 g/mol. The second-order valence-electron chi connectivity index (χ2n) is 10.0. The second-order valence-corrected chi connectivity index (χ2v) is 11.1. The average molecular weight is 614 g/mol. The topological polar surface area (TPSA) is 96.5 Å². The van der Waals surface area contributed by atoms with E-state index in [9.17, 15) is 14.4 Å². The molecule has 0 aromatic heterocycles. The van der Waals surface area contributed by atoms with Crippen molar-refractivity contribution in [2.24, 2.45) is 0 Å². The molecule has 5 aromatic carbocycles. The van der Waals surface area contributed by atoms with Crippen LogP contribution in [0.5, 0.6) is 11.5 Å². The first kappa shape index (κ1) is 30.8. The molecule has 0 saturated heterocycles. The molecule has 0 spiro atoms. The molecule has 0 heterocycles. The fourth-order valence-corrected chi connectivity index (χ4v) is 4.97. The van der Waals surface area contributed by atoms with Gasteiger partial charge in [0, 0.05) is 21.8 Å². The van der Waals surface area contributed by atoms with Gasteiger partial charge in [0.05, 0.1) is 5.75 Å². The Balaban J connectivity index is 1.19. The van der Waals surface area contributed by atoms with Gasteiger partial charge in [0.15, 0.2) is 0 Å². The van der Waals surface area contributed by atoms with Crippen LogP contribution >= 0.6 is 11.8 Å². The van der Waals surface area contributed by atoms with E-state index < -0.39 is 11.8 Å². The van der Waals surface area contributed by atoms with Gasteiger partial charge in [-0.15, -0.1) is 11.8 Å². The van der Waals surface area contributed by atoms with Crippen LogP contribution in [0, 0.1) is 6.92 Å². The molecule has 0 aliphatic rings. The van der Waals surface area contributed by atoms with Gasteiger partial charge in [0.25, 0.3) is 11.8 Å². The van der Waals surface area contributed by atoms with Gasteiger partial charge in [0.2, 0.25) is 5.91 Å². The number of carbonyl (C=O) groups is 3. The number of nitrogens with one attached hydrogen (secondary N) is 3. The Bertz CT molecular complexity index is 1790. The standard InChI is InChI=1S/C37H31N3O4S/c1-26-15-17-27(18-16-26)23-34(40-36(42)28-9-4-2-5-10-28)37(43)39-30-11-8-14-33(24-30)45-25-35(41)38-29-19-21-32(22-20-29)44-31-12-6-3-7-13-31/h2-24H,25H2,1H3,(H,38,41)(H,39,43)(H,40,42)/b34-23-. The SMILES string of the molecule is Cc1ccc(/C=C(\NC(=O)c2ccccc2)C(=O)Nc2cccc(SCC(=O)Nc3ccc(Oc4ccccc4)cc3)c2)cc1. The minimum Gasteiger partial charge on any atom is -0.457 e. The number of ether oxygens (including phenoxy) is 1. The Labute approximate surface area is 266 Å². The first-order valence-corrected chi connectivity index (χ1v) is 15.2. The normalized spacial score (nSPS) is 10.9. The number of aryl methyl sites for hydroxylation is 1. The van der Waals surface area contributed by atoms with Crippen molar-refractivity contribution in [3.05, 3.63) is 156 Å². The number of amides is 3. The molecule has 3 amide bonds. The summed E-state index contributed by atoms with van der Waals surface area (Å²) in [6.45, 7) is 1.98. The zero-order valence-corrected chi connectivity index (χ0v) is 25.3. The van der Waals surface area contributed by atoms with Crippen molar-refractivity contribution in [1.82, 2.24) is 5.32 Å². The third kappa shape index (κ3) is 9.44. The average Bonchev–Trinajstić information content (AvgIpc) is 3.06. The molecule has 45 heavy (non-hydrogen) atoms. The Morgan fingerprint density at radius 3 is 2.07 bits per heavy atom. The van der Waals surface area contributed by atoms with Crippen molar-refractivity contribution in [3.8, 4) is 11.5 Å². The zero-order chi connectivity index (χ0) is 31.4. The summed E-state index contributed by atoms with van der Waals surface area (Å²) in [5.41, 5.74) is 3.59. The predicted octanol–water partition coefficient (Wildman–Crippen LogP) is 7.93. The minimum absolute atomic E-state index is 0.102. The van der Waals surface area contributed by atoms with E-state index in [0.29, 0.717) is 22.7 Å². The van der Waals surface area contributed by atoms with Gasteiger partial charge in [-0.3, -0.25) is 14.4 Å². The molecule has 0 unspecified atom stereocenters. The Morgan fingerprint density at radius 2 is 1.36 bits per heavy atom. The van der Waals surface area contributed by atoms with E-state index in [1.807, 2.05) is 73.7 Å². The lowest BCUT2D eigenvalue weighted by Crippen LogP contribution is -2.30. The molecule has 0 radical (unpaired) electrons. The maximum Gasteiger partial charge on any atom is 0.272 e. The van der Waals surface area contributed by atoms with E-state index in [0.717, 1.165) is 21.8 Å². The summed E-state index contributed by atoms with van der Waals surface area (Å²) in [6.07, 6.45) is 1.64. The number of anilines is 2. The molecule has 0 aliphatic carbocycles. The molecule has 5 aromatic rings. The van der Waals surface area contributed by atoms with Gasteiger partial charge in [0.1, 0.15) is 17.2 Å². The van der Waals surface area contributed by atoms with E-state index in [2.05, 4.69) is 16.0 Å². The lowest BCUT2D eigenvalue weighted by atomic mass is 10.1. The summed E-state index contributed by atoms with van der Waals surface area (Å²) in [4.78, 5) is 39.7. The van der Waals surface area contributed by atoms with Crippen LogP contribution < -0.4 is 20.7 Å². The van der Waals surface area contributed by atoms with Crippen LogP contribution in [0.2, 0.25) is 0 Å². The molecule has 8 heteroatoms. The Kier molecular flexibility index (Phi) is 10.4. The van der Waals surface area contributed by atoms with Crippen LogP contribution in [0.3, 0.4) is 0 Å². The largest absolute Gasteiger partial charge is 0.457 e. The van der Waals surface area contributed by atoms with Crippen molar-refractivity contribution in [1.29, 1.82) is 0 Å². The fourth-order valence-electron chi connectivity index (χ4n) is 4.21. The van der Waals surface area contributed by atoms with E-state index in [-0.39, 0.29) is 17.4 Å². The summed E-state index contributed by atoms with van der Waals surface area (Å²) in [5, 5.41) is 8.52. The van der Waals surface area contributed by atoms with Crippen molar-refractivity contribution in [3.63, 3.8) is 0 Å². The molecule has 0 atom stereocenters. The van der Waals surface area contributed by atoms with Crippen LogP contribution in [0.25, 0.3) is 6.08 Å². The van der Waals surface area contributed by atoms with Crippen LogP contribution in [0.15, 0.2) is 144 Å². The van der Waals surface area contributed by atoms with Gasteiger partial charge in [-0.25, -0.2) is 0 Å².